The van der Waals surface area contributed by atoms with Gasteiger partial charge in [0.25, 0.3) is 5.79 Å². The Hall–Kier alpha value is -1.50. The molecule has 1 aliphatic rings. The highest BCUT2D eigenvalue weighted by molar-refractivity contribution is 8.02. The first-order valence-electron chi connectivity index (χ1n) is 4.79. The molecule has 0 bridgehead atoms. The van der Waals surface area contributed by atoms with Gasteiger partial charge in [-0.05, 0) is 6.26 Å². The summed E-state index contributed by atoms with van der Waals surface area (Å²) >= 11 is 1.06. The molecule has 1 aliphatic heterocycles. The lowest BCUT2D eigenvalue weighted by Gasteiger charge is -2.30. The molecule has 7 heteroatoms. The molecule has 1 fully saturated rings. The maximum atomic E-state index is 11.7. The molecule has 0 aromatic heterocycles. The van der Waals surface area contributed by atoms with Gasteiger partial charge in [-0.3, -0.25) is 4.79 Å². The highest BCUT2D eigenvalue weighted by Crippen LogP contribution is 2.26. The van der Waals surface area contributed by atoms with Crippen molar-refractivity contribution >= 4 is 29.6 Å². The van der Waals surface area contributed by atoms with Crippen molar-refractivity contribution in [3.63, 3.8) is 0 Å². The van der Waals surface area contributed by atoms with Crippen molar-refractivity contribution in [1.29, 1.82) is 0 Å². The third kappa shape index (κ3) is 3.23. The minimum atomic E-state index is -1.28. The molecule has 6 nitrogen and oxygen atoms in total. The van der Waals surface area contributed by atoms with Crippen LogP contribution in [0.1, 0.15) is 20.8 Å². The summed E-state index contributed by atoms with van der Waals surface area (Å²) < 4.78 is 9.83. The number of carbonyl (C=O) groups is 3. The molecule has 0 radical (unpaired) electrons. The van der Waals surface area contributed by atoms with E-state index >= 15 is 0 Å². The average molecular weight is 259 g/mol. The van der Waals surface area contributed by atoms with Crippen LogP contribution in [0.2, 0.25) is 0 Å². The molecular formula is C10H13NO5S. The zero-order valence-electron chi connectivity index (χ0n) is 9.95. The second-order valence-electron chi connectivity index (χ2n) is 3.77. The van der Waals surface area contributed by atoms with Crippen LogP contribution < -0.4 is 5.32 Å². The van der Waals surface area contributed by atoms with Crippen LogP contribution in [-0.2, 0) is 23.9 Å². The number of ether oxygens (including phenoxy) is 2. The molecule has 1 amide bonds. The Morgan fingerprint density at radius 2 is 1.71 bits per heavy atom. The fourth-order valence-corrected chi connectivity index (χ4v) is 1.83. The van der Waals surface area contributed by atoms with E-state index in [0.717, 1.165) is 11.8 Å². The van der Waals surface area contributed by atoms with E-state index in [1.54, 1.807) is 6.26 Å². The number of rotatable bonds is 2. The Labute approximate surface area is 103 Å². The summed E-state index contributed by atoms with van der Waals surface area (Å²) in [5.74, 6) is -3.27. The van der Waals surface area contributed by atoms with Crippen molar-refractivity contribution in [3.8, 4) is 0 Å². The van der Waals surface area contributed by atoms with E-state index < -0.39 is 17.7 Å². The standard InChI is InChI=1S/C10H13NO5S/c1-5(12)11-7(17-4)6-8(13)15-10(2,3)16-9(6)14/h1-4H3,(H,11,12). The lowest BCUT2D eigenvalue weighted by Crippen LogP contribution is -2.43. The molecular weight excluding hydrogens is 246 g/mol. The van der Waals surface area contributed by atoms with Crippen LogP contribution in [0, 0.1) is 0 Å². The van der Waals surface area contributed by atoms with Crippen molar-refractivity contribution in [3.05, 3.63) is 10.6 Å². The minimum absolute atomic E-state index is 0.128. The quantitative estimate of drug-likeness (QED) is 0.442. The van der Waals surface area contributed by atoms with Crippen LogP contribution in [0.25, 0.3) is 0 Å². The minimum Gasteiger partial charge on any atom is -0.419 e. The molecule has 1 rings (SSSR count). The van der Waals surface area contributed by atoms with Gasteiger partial charge < -0.3 is 14.8 Å². The number of amides is 1. The van der Waals surface area contributed by atoms with Crippen molar-refractivity contribution in [2.45, 2.75) is 26.6 Å². The zero-order valence-corrected chi connectivity index (χ0v) is 10.8. The summed E-state index contributed by atoms with van der Waals surface area (Å²) in [5.41, 5.74) is -0.285. The Kier molecular flexibility index (Phi) is 3.82. The van der Waals surface area contributed by atoms with E-state index in [1.165, 1.54) is 20.8 Å². The summed E-state index contributed by atoms with van der Waals surface area (Å²) in [7, 11) is 0. The number of cyclic esters (lactones) is 2. The van der Waals surface area contributed by atoms with Gasteiger partial charge in [-0.2, -0.15) is 0 Å². The van der Waals surface area contributed by atoms with Crippen LogP contribution >= 0.6 is 11.8 Å². The molecule has 1 heterocycles. The first kappa shape index (κ1) is 13.6. The fourth-order valence-electron chi connectivity index (χ4n) is 1.21. The van der Waals surface area contributed by atoms with E-state index in [1.807, 2.05) is 0 Å². The van der Waals surface area contributed by atoms with Gasteiger partial charge in [-0.15, -0.1) is 11.8 Å². The smallest absolute Gasteiger partial charge is 0.351 e. The number of nitrogens with one attached hydrogen (secondary N) is 1. The monoisotopic (exact) mass is 259 g/mol. The molecule has 0 aliphatic carbocycles. The molecule has 0 spiro atoms. The predicted molar refractivity (Wildman–Crippen MR) is 60.6 cm³/mol. The Balaban J connectivity index is 3.11. The molecule has 0 saturated carbocycles. The van der Waals surface area contributed by atoms with Crippen LogP contribution in [-0.4, -0.2) is 29.9 Å². The van der Waals surface area contributed by atoms with E-state index in [4.69, 9.17) is 9.47 Å². The number of thioether (sulfide) groups is 1. The largest absolute Gasteiger partial charge is 0.419 e. The molecule has 0 atom stereocenters. The van der Waals surface area contributed by atoms with E-state index in [9.17, 15) is 14.4 Å². The van der Waals surface area contributed by atoms with Crippen LogP contribution in [0.4, 0.5) is 0 Å². The molecule has 0 unspecified atom stereocenters. The van der Waals surface area contributed by atoms with Gasteiger partial charge in [0.1, 0.15) is 0 Å². The van der Waals surface area contributed by atoms with Crippen molar-refractivity contribution < 1.29 is 23.9 Å². The van der Waals surface area contributed by atoms with Crippen LogP contribution in [0.15, 0.2) is 10.6 Å². The molecule has 17 heavy (non-hydrogen) atoms. The maximum absolute atomic E-state index is 11.7. The number of carbonyl (C=O) groups excluding carboxylic acids is 3. The number of hydrogen-bond donors (Lipinski definition) is 1. The summed E-state index contributed by atoms with van der Waals surface area (Å²) in [6, 6.07) is 0. The van der Waals surface area contributed by atoms with Gasteiger partial charge >= 0.3 is 11.9 Å². The van der Waals surface area contributed by atoms with Gasteiger partial charge in [-0.25, -0.2) is 9.59 Å². The molecule has 0 aromatic carbocycles. The summed E-state index contributed by atoms with van der Waals surface area (Å²) in [6.07, 6.45) is 1.62. The highest BCUT2D eigenvalue weighted by Gasteiger charge is 2.41. The second kappa shape index (κ2) is 4.79. The summed E-state index contributed by atoms with van der Waals surface area (Å²) in [4.78, 5) is 34.2. The van der Waals surface area contributed by atoms with Crippen LogP contribution in [0.5, 0.6) is 0 Å². The molecule has 1 N–H and O–H groups in total. The molecule has 0 aromatic rings. The third-order valence-electron chi connectivity index (χ3n) is 1.81. The highest BCUT2D eigenvalue weighted by atomic mass is 32.2. The van der Waals surface area contributed by atoms with Crippen molar-refractivity contribution in [2.24, 2.45) is 0 Å². The Morgan fingerprint density at radius 1 is 1.24 bits per heavy atom. The number of hydrogen-bond acceptors (Lipinski definition) is 6. The zero-order chi connectivity index (χ0) is 13.2. The normalized spacial score (nSPS) is 18.2. The fraction of sp³-hybridized carbons (Fsp3) is 0.500. The Morgan fingerprint density at radius 3 is 2.06 bits per heavy atom. The number of esters is 2. The van der Waals surface area contributed by atoms with E-state index in [-0.39, 0.29) is 16.5 Å². The third-order valence-corrected chi connectivity index (χ3v) is 2.52. The van der Waals surface area contributed by atoms with Gasteiger partial charge in [-0.1, -0.05) is 0 Å². The maximum Gasteiger partial charge on any atom is 0.351 e. The average Bonchev–Trinajstić information content (AvgIpc) is 2.12. The Bertz CT molecular complexity index is 391. The lowest BCUT2D eigenvalue weighted by atomic mass is 10.2. The van der Waals surface area contributed by atoms with Crippen molar-refractivity contribution in [2.75, 3.05) is 6.26 Å². The second-order valence-corrected chi connectivity index (χ2v) is 4.58. The van der Waals surface area contributed by atoms with Gasteiger partial charge in [0.05, 0.1) is 5.03 Å². The van der Waals surface area contributed by atoms with Crippen LogP contribution in [0.3, 0.4) is 0 Å². The topological polar surface area (TPSA) is 81.7 Å². The SMILES string of the molecule is CSC(NC(C)=O)=C1C(=O)OC(C)(C)OC1=O. The lowest BCUT2D eigenvalue weighted by molar-refractivity contribution is -0.222. The molecule has 94 valence electrons. The first-order valence-corrected chi connectivity index (χ1v) is 6.02. The van der Waals surface area contributed by atoms with Crippen molar-refractivity contribution in [1.82, 2.24) is 5.32 Å². The van der Waals surface area contributed by atoms with Gasteiger partial charge in [0.2, 0.25) is 5.91 Å². The van der Waals surface area contributed by atoms with E-state index in [2.05, 4.69) is 5.32 Å². The van der Waals surface area contributed by atoms with E-state index in [0.29, 0.717) is 0 Å². The summed E-state index contributed by atoms with van der Waals surface area (Å²) in [6.45, 7) is 4.19. The summed E-state index contributed by atoms with van der Waals surface area (Å²) in [5, 5.41) is 2.52. The van der Waals surface area contributed by atoms with Gasteiger partial charge in [0.15, 0.2) is 5.57 Å². The van der Waals surface area contributed by atoms with Gasteiger partial charge in [0, 0.05) is 20.8 Å². The molecule has 1 saturated heterocycles. The predicted octanol–water partition coefficient (Wildman–Crippen LogP) is 0.533. The first-order chi connectivity index (χ1) is 7.76.